The summed E-state index contributed by atoms with van der Waals surface area (Å²) in [5.41, 5.74) is 5.42. The molecule has 2 atom stereocenters. The van der Waals surface area contributed by atoms with Crippen LogP contribution < -0.4 is 5.73 Å². The van der Waals surface area contributed by atoms with Gasteiger partial charge in [-0.1, -0.05) is 13.3 Å². The molecule has 0 saturated heterocycles. The maximum Gasteiger partial charge on any atom is 0.0515 e. The van der Waals surface area contributed by atoms with E-state index in [2.05, 4.69) is 6.92 Å². The van der Waals surface area contributed by atoms with Crippen molar-refractivity contribution in [1.82, 2.24) is 0 Å². The summed E-state index contributed by atoms with van der Waals surface area (Å²) >= 11 is 0. The predicted octanol–water partition coefficient (Wildman–Crippen LogP) is 0.742. The first-order valence-corrected chi connectivity index (χ1v) is 3.58. The van der Waals surface area contributed by atoms with Crippen LogP contribution in [0, 0.1) is 5.92 Å². The van der Waals surface area contributed by atoms with Gasteiger partial charge in [0, 0.05) is 0 Å². The third-order valence-corrected chi connectivity index (χ3v) is 1.59. The van der Waals surface area contributed by atoms with Crippen molar-refractivity contribution in [2.24, 2.45) is 11.7 Å². The maximum absolute atomic E-state index is 8.93. The first-order chi connectivity index (χ1) is 4.20. The maximum atomic E-state index is 8.93. The highest BCUT2D eigenvalue weighted by atomic mass is 16.3. The summed E-state index contributed by atoms with van der Waals surface area (Å²) in [5, 5.41) is 8.93. The van der Waals surface area contributed by atoms with Crippen LogP contribution in [-0.2, 0) is 0 Å². The Morgan fingerprint density at radius 2 is 2.11 bits per heavy atom. The zero-order valence-corrected chi connectivity index (χ0v) is 6.30. The fraction of sp³-hybridized carbons (Fsp3) is 1.00. The van der Waals surface area contributed by atoms with E-state index >= 15 is 0 Å². The molecule has 0 aromatic heterocycles. The van der Waals surface area contributed by atoms with Gasteiger partial charge in [0.25, 0.3) is 0 Å². The van der Waals surface area contributed by atoms with E-state index in [1.54, 1.807) is 6.92 Å². The summed E-state index contributed by atoms with van der Waals surface area (Å²) in [6.07, 6.45) is 1.72. The Morgan fingerprint density at radius 1 is 1.56 bits per heavy atom. The van der Waals surface area contributed by atoms with Crippen molar-refractivity contribution in [2.75, 3.05) is 6.54 Å². The Balaban J connectivity index is 3.31. The minimum Gasteiger partial charge on any atom is -0.393 e. The van der Waals surface area contributed by atoms with Crippen LogP contribution in [0.2, 0.25) is 0 Å². The molecule has 0 rings (SSSR count). The molecule has 0 amide bonds. The van der Waals surface area contributed by atoms with E-state index in [1.165, 1.54) is 0 Å². The molecule has 0 aliphatic heterocycles. The van der Waals surface area contributed by atoms with Gasteiger partial charge in [0.2, 0.25) is 0 Å². The van der Waals surface area contributed by atoms with Gasteiger partial charge in [0.15, 0.2) is 0 Å². The van der Waals surface area contributed by atoms with E-state index in [1.807, 2.05) is 0 Å². The van der Waals surface area contributed by atoms with Gasteiger partial charge in [0.1, 0.15) is 0 Å². The summed E-state index contributed by atoms with van der Waals surface area (Å²) in [6, 6.07) is 0. The van der Waals surface area contributed by atoms with Crippen LogP contribution in [-0.4, -0.2) is 17.8 Å². The third-order valence-electron chi connectivity index (χ3n) is 1.59. The number of nitrogens with two attached hydrogens (primary N) is 1. The Labute approximate surface area is 57.1 Å². The molecule has 0 fully saturated rings. The molecule has 2 unspecified atom stereocenters. The van der Waals surface area contributed by atoms with Crippen LogP contribution in [0.25, 0.3) is 0 Å². The van der Waals surface area contributed by atoms with Crippen LogP contribution in [0.5, 0.6) is 0 Å². The SMILES string of the molecule is CCC(CN)CC(C)O. The molecule has 2 heteroatoms. The van der Waals surface area contributed by atoms with Gasteiger partial charge in [-0.05, 0) is 25.8 Å². The van der Waals surface area contributed by atoms with Crippen molar-refractivity contribution < 1.29 is 5.11 Å². The molecule has 0 radical (unpaired) electrons. The predicted molar refractivity (Wildman–Crippen MR) is 39.1 cm³/mol. The Morgan fingerprint density at radius 3 is 2.22 bits per heavy atom. The van der Waals surface area contributed by atoms with Crippen LogP contribution in [0.1, 0.15) is 26.7 Å². The molecule has 3 N–H and O–H groups in total. The molecule has 0 aliphatic rings. The molecule has 0 aromatic carbocycles. The molecule has 0 saturated carbocycles. The van der Waals surface area contributed by atoms with Crippen LogP contribution in [0.15, 0.2) is 0 Å². The molecular weight excluding hydrogens is 114 g/mol. The molecule has 0 aromatic rings. The van der Waals surface area contributed by atoms with Gasteiger partial charge >= 0.3 is 0 Å². The summed E-state index contributed by atoms with van der Waals surface area (Å²) in [5.74, 6) is 0.505. The van der Waals surface area contributed by atoms with Crippen molar-refractivity contribution in [3.63, 3.8) is 0 Å². The van der Waals surface area contributed by atoms with Crippen molar-refractivity contribution in [3.8, 4) is 0 Å². The lowest BCUT2D eigenvalue weighted by atomic mass is 10.00. The van der Waals surface area contributed by atoms with Crippen molar-refractivity contribution >= 4 is 0 Å². The van der Waals surface area contributed by atoms with Crippen molar-refractivity contribution in [2.45, 2.75) is 32.8 Å². The van der Waals surface area contributed by atoms with Crippen molar-refractivity contribution in [1.29, 1.82) is 0 Å². The molecule has 0 spiro atoms. The average molecular weight is 131 g/mol. The van der Waals surface area contributed by atoms with Crippen LogP contribution >= 0.6 is 0 Å². The van der Waals surface area contributed by atoms with E-state index in [0.717, 1.165) is 12.8 Å². The second-order valence-electron chi connectivity index (χ2n) is 2.59. The van der Waals surface area contributed by atoms with E-state index in [4.69, 9.17) is 10.8 Å². The zero-order chi connectivity index (χ0) is 7.28. The highest BCUT2D eigenvalue weighted by Gasteiger charge is 2.05. The summed E-state index contributed by atoms with van der Waals surface area (Å²) < 4.78 is 0. The highest BCUT2D eigenvalue weighted by Crippen LogP contribution is 2.08. The quantitative estimate of drug-likeness (QED) is 0.591. The first kappa shape index (κ1) is 8.92. The van der Waals surface area contributed by atoms with Gasteiger partial charge < -0.3 is 10.8 Å². The summed E-state index contributed by atoms with van der Waals surface area (Å²) in [7, 11) is 0. The third kappa shape index (κ3) is 4.43. The monoisotopic (exact) mass is 131 g/mol. The average Bonchev–Trinajstić information content (AvgIpc) is 1.82. The van der Waals surface area contributed by atoms with E-state index in [-0.39, 0.29) is 6.10 Å². The Hall–Kier alpha value is -0.0800. The Bertz CT molecular complexity index is 59.9. The van der Waals surface area contributed by atoms with E-state index < -0.39 is 0 Å². The molecule has 56 valence electrons. The highest BCUT2D eigenvalue weighted by molar-refractivity contribution is 4.60. The van der Waals surface area contributed by atoms with E-state index in [0.29, 0.717) is 12.5 Å². The second-order valence-corrected chi connectivity index (χ2v) is 2.59. The lowest BCUT2D eigenvalue weighted by Gasteiger charge is -2.12. The molecular formula is C7H17NO. The Kier molecular flexibility index (Phi) is 4.72. The molecule has 2 nitrogen and oxygen atoms in total. The lowest BCUT2D eigenvalue weighted by molar-refractivity contribution is 0.160. The van der Waals surface area contributed by atoms with Gasteiger partial charge in [-0.25, -0.2) is 0 Å². The lowest BCUT2D eigenvalue weighted by Crippen LogP contribution is -2.18. The largest absolute Gasteiger partial charge is 0.393 e. The van der Waals surface area contributed by atoms with Crippen LogP contribution in [0.4, 0.5) is 0 Å². The number of aliphatic hydroxyl groups is 1. The molecule has 9 heavy (non-hydrogen) atoms. The summed E-state index contributed by atoms with van der Waals surface area (Å²) in [6.45, 7) is 4.60. The second kappa shape index (κ2) is 4.77. The minimum absolute atomic E-state index is 0.196. The minimum atomic E-state index is -0.196. The molecule has 0 aliphatic carbocycles. The smallest absolute Gasteiger partial charge is 0.0515 e. The number of hydrogen-bond acceptors (Lipinski definition) is 2. The van der Waals surface area contributed by atoms with Gasteiger partial charge in [-0.3, -0.25) is 0 Å². The molecule has 0 bridgehead atoms. The number of rotatable bonds is 4. The van der Waals surface area contributed by atoms with Crippen molar-refractivity contribution in [3.05, 3.63) is 0 Å². The normalized spacial score (nSPS) is 17.3. The standard InChI is InChI=1S/C7H17NO/c1-3-7(5-8)4-6(2)9/h6-7,9H,3-5,8H2,1-2H3. The van der Waals surface area contributed by atoms with E-state index in [9.17, 15) is 0 Å². The van der Waals surface area contributed by atoms with Crippen LogP contribution in [0.3, 0.4) is 0 Å². The fourth-order valence-corrected chi connectivity index (χ4v) is 0.912. The topological polar surface area (TPSA) is 46.2 Å². The van der Waals surface area contributed by atoms with Gasteiger partial charge in [-0.2, -0.15) is 0 Å². The summed E-state index contributed by atoms with van der Waals surface area (Å²) in [4.78, 5) is 0. The molecule has 0 heterocycles. The first-order valence-electron chi connectivity index (χ1n) is 3.58. The fourth-order valence-electron chi connectivity index (χ4n) is 0.912. The number of hydrogen-bond donors (Lipinski definition) is 2. The number of aliphatic hydroxyl groups excluding tert-OH is 1. The zero-order valence-electron chi connectivity index (χ0n) is 6.30. The van der Waals surface area contributed by atoms with Gasteiger partial charge in [-0.15, -0.1) is 0 Å². The van der Waals surface area contributed by atoms with Gasteiger partial charge in [0.05, 0.1) is 6.10 Å².